The number of benzene rings is 2. The number of hydrogen-bond acceptors (Lipinski definition) is 2. The summed E-state index contributed by atoms with van der Waals surface area (Å²) in [6, 6.07) is 8.15. The van der Waals surface area contributed by atoms with E-state index in [1.807, 2.05) is 0 Å². The molecule has 0 aliphatic rings. The monoisotopic (exact) mass is 282 g/mol. The van der Waals surface area contributed by atoms with Gasteiger partial charge in [0.25, 0.3) is 5.91 Å². The summed E-state index contributed by atoms with van der Waals surface area (Å²) < 4.78 is 26.5. The van der Waals surface area contributed by atoms with Crippen LogP contribution in [-0.2, 0) is 0 Å². The minimum absolute atomic E-state index is 0.163. The van der Waals surface area contributed by atoms with Crippen LogP contribution in [0, 0.1) is 11.6 Å². The molecule has 0 heterocycles. The Morgan fingerprint density at radius 3 is 2.37 bits per heavy atom. The highest BCUT2D eigenvalue weighted by atomic mass is 35.5. The van der Waals surface area contributed by atoms with E-state index in [1.54, 1.807) is 18.2 Å². The van der Waals surface area contributed by atoms with Crippen LogP contribution in [0.15, 0.2) is 36.4 Å². The zero-order valence-electron chi connectivity index (χ0n) is 9.58. The van der Waals surface area contributed by atoms with Crippen molar-refractivity contribution in [3.8, 4) is 0 Å². The Balaban J connectivity index is 2.25. The molecule has 6 heteroatoms. The summed E-state index contributed by atoms with van der Waals surface area (Å²) in [5, 5.41) is 2.91. The SMILES string of the molecule is Nc1c(F)cc(C(=O)Nc2cccc(Cl)c2)cc1F. The van der Waals surface area contributed by atoms with Crippen LogP contribution in [0.25, 0.3) is 0 Å². The number of carbonyl (C=O) groups is 1. The zero-order valence-corrected chi connectivity index (χ0v) is 10.3. The summed E-state index contributed by atoms with van der Waals surface area (Å²) in [6.07, 6.45) is 0. The Bertz CT molecular complexity index is 623. The van der Waals surface area contributed by atoms with E-state index in [2.05, 4.69) is 5.32 Å². The first-order chi connectivity index (χ1) is 8.97. The lowest BCUT2D eigenvalue weighted by molar-refractivity contribution is 0.102. The number of anilines is 2. The quantitative estimate of drug-likeness (QED) is 0.829. The molecule has 0 atom stereocenters. The van der Waals surface area contributed by atoms with E-state index in [4.69, 9.17) is 17.3 Å². The van der Waals surface area contributed by atoms with Gasteiger partial charge in [-0.05, 0) is 30.3 Å². The van der Waals surface area contributed by atoms with Gasteiger partial charge in [0, 0.05) is 16.3 Å². The summed E-state index contributed by atoms with van der Waals surface area (Å²) >= 11 is 5.76. The van der Waals surface area contributed by atoms with Gasteiger partial charge in [0.2, 0.25) is 0 Å². The summed E-state index contributed by atoms with van der Waals surface area (Å²) in [5.41, 5.74) is 4.78. The average molecular weight is 283 g/mol. The van der Waals surface area contributed by atoms with Gasteiger partial charge in [0.05, 0.1) is 0 Å². The van der Waals surface area contributed by atoms with Crippen molar-refractivity contribution >= 4 is 28.9 Å². The van der Waals surface area contributed by atoms with Crippen LogP contribution in [0.5, 0.6) is 0 Å². The highest BCUT2D eigenvalue weighted by Crippen LogP contribution is 2.19. The number of rotatable bonds is 2. The first kappa shape index (κ1) is 13.3. The van der Waals surface area contributed by atoms with Crippen molar-refractivity contribution in [2.45, 2.75) is 0 Å². The maximum Gasteiger partial charge on any atom is 0.255 e. The van der Waals surface area contributed by atoms with Gasteiger partial charge in [0.1, 0.15) is 17.3 Å². The van der Waals surface area contributed by atoms with Crippen LogP contribution in [0.3, 0.4) is 0 Å². The van der Waals surface area contributed by atoms with E-state index in [0.717, 1.165) is 12.1 Å². The van der Waals surface area contributed by atoms with Gasteiger partial charge in [-0.15, -0.1) is 0 Å². The number of amides is 1. The number of nitrogens with two attached hydrogens (primary N) is 1. The highest BCUT2D eigenvalue weighted by molar-refractivity contribution is 6.30. The van der Waals surface area contributed by atoms with Gasteiger partial charge in [-0.1, -0.05) is 17.7 Å². The molecule has 3 nitrogen and oxygen atoms in total. The second-order valence-electron chi connectivity index (χ2n) is 3.82. The van der Waals surface area contributed by atoms with E-state index in [-0.39, 0.29) is 5.56 Å². The smallest absolute Gasteiger partial charge is 0.255 e. The standard InChI is InChI=1S/C13H9ClF2N2O/c14-8-2-1-3-9(6-8)18-13(19)7-4-10(15)12(17)11(16)5-7/h1-6H,17H2,(H,18,19). The molecule has 0 bridgehead atoms. The third kappa shape index (κ3) is 3.00. The summed E-state index contributed by atoms with van der Waals surface area (Å²) in [6.45, 7) is 0. The van der Waals surface area contributed by atoms with Crippen molar-refractivity contribution in [1.29, 1.82) is 0 Å². The van der Waals surface area contributed by atoms with Gasteiger partial charge in [-0.2, -0.15) is 0 Å². The van der Waals surface area contributed by atoms with Crippen LogP contribution < -0.4 is 11.1 Å². The molecular formula is C13H9ClF2N2O. The number of hydrogen-bond donors (Lipinski definition) is 2. The molecule has 0 aliphatic heterocycles. The van der Waals surface area contributed by atoms with Crippen LogP contribution in [0.2, 0.25) is 5.02 Å². The predicted octanol–water partition coefficient (Wildman–Crippen LogP) is 3.45. The fourth-order valence-electron chi connectivity index (χ4n) is 1.48. The summed E-state index contributed by atoms with van der Waals surface area (Å²) in [4.78, 5) is 11.8. The number of nitrogen functional groups attached to an aromatic ring is 1. The molecule has 1 amide bonds. The van der Waals surface area contributed by atoms with Gasteiger partial charge < -0.3 is 11.1 Å². The highest BCUT2D eigenvalue weighted by Gasteiger charge is 2.13. The Hall–Kier alpha value is -2.14. The van der Waals surface area contributed by atoms with Crippen LogP contribution in [0.1, 0.15) is 10.4 Å². The van der Waals surface area contributed by atoms with E-state index in [9.17, 15) is 13.6 Å². The van der Waals surface area contributed by atoms with Gasteiger partial charge >= 0.3 is 0 Å². The van der Waals surface area contributed by atoms with Crippen LogP contribution in [0.4, 0.5) is 20.2 Å². The molecule has 2 aromatic carbocycles. The molecule has 0 aliphatic carbocycles. The van der Waals surface area contributed by atoms with E-state index >= 15 is 0 Å². The molecule has 0 fully saturated rings. The summed E-state index contributed by atoms with van der Waals surface area (Å²) in [5.74, 6) is -2.60. The van der Waals surface area contributed by atoms with Crippen molar-refractivity contribution in [3.05, 3.63) is 58.6 Å². The zero-order chi connectivity index (χ0) is 14.0. The summed E-state index contributed by atoms with van der Waals surface area (Å²) in [7, 11) is 0. The molecule has 2 rings (SSSR count). The third-order valence-corrected chi connectivity index (χ3v) is 2.66. The second-order valence-corrected chi connectivity index (χ2v) is 4.25. The third-order valence-electron chi connectivity index (χ3n) is 2.42. The van der Waals surface area contributed by atoms with Gasteiger partial charge in [0.15, 0.2) is 0 Å². The first-order valence-electron chi connectivity index (χ1n) is 5.29. The Labute approximate surface area is 113 Å². The lowest BCUT2D eigenvalue weighted by Gasteiger charge is -2.07. The lowest BCUT2D eigenvalue weighted by atomic mass is 10.1. The molecule has 0 aromatic heterocycles. The lowest BCUT2D eigenvalue weighted by Crippen LogP contribution is -2.13. The van der Waals surface area contributed by atoms with Gasteiger partial charge in [-0.25, -0.2) is 8.78 Å². The van der Waals surface area contributed by atoms with E-state index < -0.39 is 23.2 Å². The number of carbonyl (C=O) groups excluding carboxylic acids is 1. The fourth-order valence-corrected chi connectivity index (χ4v) is 1.68. The largest absolute Gasteiger partial charge is 0.394 e. The Morgan fingerprint density at radius 1 is 1.16 bits per heavy atom. The van der Waals surface area contributed by atoms with Crippen LogP contribution in [-0.4, -0.2) is 5.91 Å². The topological polar surface area (TPSA) is 55.1 Å². The molecule has 2 aromatic rings. The Kier molecular flexibility index (Phi) is 3.66. The molecule has 98 valence electrons. The predicted molar refractivity (Wildman–Crippen MR) is 70.2 cm³/mol. The molecule has 0 saturated heterocycles. The minimum atomic E-state index is -0.976. The minimum Gasteiger partial charge on any atom is -0.394 e. The number of halogens is 3. The molecule has 3 N–H and O–H groups in total. The molecule has 0 spiro atoms. The van der Waals surface area contributed by atoms with Gasteiger partial charge in [-0.3, -0.25) is 4.79 Å². The normalized spacial score (nSPS) is 10.3. The number of nitrogens with one attached hydrogen (secondary N) is 1. The van der Waals surface area contributed by atoms with E-state index in [1.165, 1.54) is 6.07 Å². The molecular weight excluding hydrogens is 274 g/mol. The van der Waals surface area contributed by atoms with Crippen molar-refractivity contribution < 1.29 is 13.6 Å². The first-order valence-corrected chi connectivity index (χ1v) is 5.66. The maximum absolute atomic E-state index is 13.2. The van der Waals surface area contributed by atoms with Crippen molar-refractivity contribution in [1.82, 2.24) is 0 Å². The molecule has 19 heavy (non-hydrogen) atoms. The van der Waals surface area contributed by atoms with Crippen molar-refractivity contribution in [2.75, 3.05) is 11.1 Å². The van der Waals surface area contributed by atoms with Crippen molar-refractivity contribution in [3.63, 3.8) is 0 Å². The maximum atomic E-state index is 13.2. The van der Waals surface area contributed by atoms with E-state index in [0.29, 0.717) is 10.7 Å². The molecule has 0 radical (unpaired) electrons. The second kappa shape index (κ2) is 5.24. The Morgan fingerprint density at radius 2 is 1.79 bits per heavy atom. The molecule has 0 saturated carbocycles. The average Bonchev–Trinajstić information content (AvgIpc) is 2.35. The molecule has 0 unspecified atom stereocenters. The van der Waals surface area contributed by atoms with Crippen molar-refractivity contribution in [2.24, 2.45) is 0 Å². The van der Waals surface area contributed by atoms with Crippen LogP contribution >= 0.6 is 11.6 Å². The fraction of sp³-hybridized carbons (Fsp3) is 0.